The lowest BCUT2D eigenvalue weighted by molar-refractivity contribution is -0.135. The van der Waals surface area contributed by atoms with Crippen molar-refractivity contribution in [2.24, 2.45) is 0 Å². The average molecular weight is 268 g/mol. The zero-order valence-corrected chi connectivity index (χ0v) is 9.91. The topological polar surface area (TPSA) is 83.8 Å². The molecule has 0 bridgehead atoms. The monoisotopic (exact) mass is 268 g/mol. The lowest BCUT2D eigenvalue weighted by Gasteiger charge is -2.04. The van der Waals surface area contributed by atoms with Crippen LogP contribution in [0.1, 0.15) is 51.9 Å². The summed E-state index contributed by atoms with van der Waals surface area (Å²) in [6.07, 6.45) is 6.16. The summed E-state index contributed by atoms with van der Waals surface area (Å²) in [5.41, 5.74) is 0. The van der Waals surface area contributed by atoms with E-state index in [1.54, 1.807) is 0 Å². The Hall–Kier alpha value is 0.152. The highest BCUT2D eigenvalue weighted by Gasteiger charge is 2.19. The molecule has 0 saturated heterocycles. The predicted octanol–water partition coefficient (Wildman–Crippen LogP) is 1.19. The molecule has 0 rings (SSSR count). The number of hydrogen-bond acceptors (Lipinski definition) is 3. The highest BCUT2D eigenvalue weighted by Crippen LogP contribution is 2.36. The first-order valence-corrected chi connectivity index (χ1v) is 6.76. The fraction of sp³-hybridized carbons (Fsp3) is 0.889. The van der Waals surface area contributed by atoms with Crippen LogP contribution in [-0.2, 0) is 13.9 Å². The average Bonchev–Trinajstić information content (AvgIpc) is 2.08. The maximum atomic E-state index is 10.8. The molecule has 0 radical (unpaired) electrons. The van der Waals surface area contributed by atoms with Crippen molar-refractivity contribution in [3.05, 3.63) is 0 Å². The molecule has 0 amide bonds. The molecule has 0 aliphatic carbocycles. The van der Waals surface area contributed by atoms with Gasteiger partial charge < -0.3 is 4.52 Å². The number of carbonyl (C=O) groups is 1. The van der Waals surface area contributed by atoms with Crippen LogP contribution in [-0.4, -0.2) is 33.1 Å². The molecule has 0 fully saturated rings. The van der Waals surface area contributed by atoms with Gasteiger partial charge in [-0.15, -0.1) is 0 Å². The SMILES string of the molecule is CCCCCCCCC(=O)OP(=O)(O)O.[AlH3]. The molecule has 2 N–H and O–H groups in total. The molecular formula is C9H22AlO5P. The third-order valence-electron chi connectivity index (χ3n) is 1.96. The summed E-state index contributed by atoms with van der Waals surface area (Å²) in [5, 5.41) is 0. The molecule has 96 valence electrons. The summed E-state index contributed by atoms with van der Waals surface area (Å²) >= 11 is 0. The van der Waals surface area contributed by atoms with E-state index in [1.807, 2.05) is 0 Å². The van der Waals surface area contributed by atoms with Crippen molar-refractivity contribution in [1.29, 1.82) is 0 Å². The van der Waals surface area contributed by atoms with Crippen molar-refractivity contribution in [2.75, 3.05) is 0 Å². The number of rotatable bonds is 8. The van der Waals surface area contributed by atoms with Crippen molar-refractivity contribution in [1.82, 2.24) is 0 Å². The highest BCUT2D eigenvalue weighted by atomic mass is 31.2. The molecule has 7 heteroatoms. The molecule has 0 aliphatic heterocycles. The van der Waals surface area contributed by atoms with Crippen molar-refractivity contribution in [3.8, 4) is 0 Å². The Balaban J connectivity index is 0. The van der Waals surface area contributed by atoms with Gasteiger partial charge in [-0.05, 0) is 6.42 Å². The molecule has 0 aromatic rings. The summed E-state index contributed by atoms with van der Waals surface area (Å²) in [4.78, 5) is 27.5. The van der Waals surface area contributed by atoms with Gasteiger partial charge in [0.2, 0.25) is 0 Å². The van der Waals surface area contributed by atoms with Gasteiger partial charge in [0.1, 0.15) is 0 Å². The van der Waals surface area contributed by atoms with E-state index in [0.29, 0.717) is 6.42 Å². The molecular weight excluding hydrogens is 246 g/mol. The van der Waals surface area contributed by atoms with Crippen LogP contribution < -0.4 is 0 Å². The van der Waals surface area contributed by atoms with Crippen LogP contribution in [0.5, 0.6) is 0 Å². The summed E-state index contributed by atoms with van der Waals surface area (Å²) in [7, 11) is -4.64. The molecule has 0 aliphatic rings. The summed E-state index contributed by atoms with van der Waals surface area (Å²) in [6.45, 7) is 2.12. The Morgan fingerprint density at radius 1 is 1.12 bits per heavy atom. The maximum Gasteiger partial charge on any atom is 0.526 e. The van der Waals surface area contributed by atoms with Crippen molar-refractivity contribution < 1.29 is 23.7 Å². The first kappa shape index (κ1) is 18.5. The number of phosphoric acid groups is 1. The molecule has 0 saturated carbocycles. The van der Waals surface area contributed by atoms with Gasteiger partial charge in [0.25, 0.3) is 0 Å². The summed E-state index contributed by atoms with van der Waals surface area (Å²) in [5.74, 6) is -0.821. The van der Waals surface area contributed by atoms with E-state index in [-0.39, 0.29) is 23.8 Å². The Morgan fingerprint density at radius 2 is 1.62 bits per heavy atom. The van der Waals surface area contributed by atoms with Gasteiger partial charge in [-0.1, -0.05) is 39.0 Å². The molecule has 16 heavy (non-hydrogen) atoms. The van der Waals surface area contributed by atoms with Gasteiger partial charge in [-0.2, -0.15) is 0 Å². The first-order valence-electron chi connectivity index (χ1n) is 5.23. The zero-order valence-electron chi connectivity index (χ0n) is 9.02. The predicted molar refractivity (Wildman–Crippen MR) is 66.1 cm³/mol. The van der Waals surface area contributed by atoms with E-state index in [0.717, 1.165) is 19.3 Å². The van der Waals surface area contributed by atoms with Crippen LogP contribution in [0, 0.1) is 0 Å². The lowest BCUT2D eigenvalue weighted by atomic mass is 10.1. The second kappa shape index (κ2) is 10.3. The second-order valence-electron chi connectivity index (χ2n) is 3.47. The minimum Gasteiger partial charge on any atom is -0.371 e. The molecule has 0 heterocycles. The molecule has 0 aromatic carbocycles. The van der Waals surface area contributed by atoms with Gasteiger partial charge in [-0.3, -0.25) is 14.6 Å². The third-order valence-corrected chi connectivity index (χ3v) is 2.40. The molecule has 5 nitrogen and oxygen atoms in total. The first-order chi connectivity index (χ1) is 6.95. The van der Waals surface area contributed by atoms with Crippen LogP contribution in [0.2, 0.25) is 0 Å². The summed E-state index contributed by atoms with van der Waals surface area (Å²) in [6, 6.07) is 0. The van der Waals surface area contributed by atoms with E-state index in [1.165, 1.54) is 12.8 Å². The van der Waals surface area contributed by atoms with Gasteiger partial charge in [0.05, 0.1) is 0 Å². The highest BCUT2D eigenvalue weighted by molar-refractivity contribution is 7.46. The van der Waals surface area contributed by atoms with E-state index in [9.17, 15) is 9.36 Å². The van der Waals surface area contributed by atoms with Crippen LogP contribution in [0.15, 0.2) is 0 Å². The quantitative estimate of drug-likeness (QED) is 0.392. The fourth-order valence-corrected chi connectivity index (χ4v) is 1.58. The van der Waals surface area contributed by atoms with Gasteiger partial charge >= 0.3 is 13.8 Å². The van der Waals surface area contributed by atoms with E-state index < -0.39 is 13.8 Å². The second-order valence-corrected chi connectivity index (χ2v) is 4.64. The van der Waals surface area contributed by atoms with Crippen LogP contribution in [0.3, 0.4) is 0 Å². The standard InChI is InChI=1S/C9H19O5P.Al.3H/c1-2-3-4-5-6-7-8-9(10)14-15(11,12)13;;;;/h2-8H2,1H3,(H2,11,12,13);;;;. The van der Waals surface area contributed by atoms with Crippen LogP contribution >= 0.6 is 7.82 Å². The molecule has 0 spiro atoms. The Bertz CT molecular complexity index is 228. The third kappa shape index (κ3) is 14.2. The smallest absolute Gasteiger partial charge is 0.371 e. The number of unbranched alkanes of at least 4 members (excludes halogenated alkanes) is 5. The Labute approximate surface area is 107 Å². The lowest BCUT2D eigenvalue weighted by Crippen LogP contribution is -2.01. The minimum atomic E-state index is -4.64. The van der Waals surface area contributed by atoms with Gasteiger partial charge in [0.15, 0.2) is 17.4 Å². The minimum absolute atomic E-state index is 0. The van der Waals surface area contributed by atoms with Crippen LogP contribution in [0.25, 0.3) is 0 Å². The van der Waals surface area contributed by atoms with E-state index in [4.69, 9.17) is 9.79 Å². The fourth-order valence-electron chi connectivity index (χ4n) is 1.23. The molecule has 0 aromatic heterocycles. The number of phosphoric ester groups is 1. The van der Waals surface area contributed by atoms with Gasteiger partial charge in [-0.25, -0.2) is 4.57 Å². The molecule has 0 atom stereocenters. The molecule has 0 unspecified atom stereocenters. The Morgan fingerprint density at radius 3 is 2.12 bits per heavy atom. The van der Waals surface area contributed by atoms with Crippen molar-refractivity contribution >= 4 is 31.2 Å². The normalized spacial score (nSPS) is 10.7. The van der Waals surface area contributed by atoms with E-state index in [2.05, 4.69) is 11.4 Å². The van der Waals surface area contributed by atoms with E-state index >= 15 is 0 Å². The van der Waals surface area contributed by atoms with Gasteiger partial charge in [0, 0.05) is 6.42 Å². The van der Waals surface area contributed by atoms with Crippen molar-refractivity contribution in [3.63, 3.8) is 0 Å². The summed E-state index contributed by atoms with van der Waals surface area (Å²) < 4.78 is 14.2. The number of carbonyl (C=O) groups excluding carboxylic acids is 1. The zero-order chi connectivity index (χ0) is 11.7. The Kier molecular flexibility index (Phi) is 11.9. The number of hydrogen-bond donors (Lipinski definition) is 2. The maximum absolute atomic E-state index is 10.8. The van der Waals surface area contributed by atoms with Crippen molar-refractivity contribution in [2.45, 2.75) is 51.9 Å². The largest absolute Gasteiger partial charge is 0.526 e. The van der Waals surface area contributed by atoms with Crippen LogP contribution in [0.4, 0.5) is 0 Å².